The second kappa shape index (κ2) is 6.09. The number of benzene rings is 2. The number of fused-ring (bicyclic) bond motifs is 2. The molecule has 0 aliphatic rings. The first kappa shape index (κ1) is 13.2. The van der Waals surface area contributed by atoms with E-state index in [9.17, 15) is 4.39 Å². The van der Waals surface area contributed by atoms with Crippen LogP contribution in [0.15, 0.2) is 79.1 Å². The van der Waals surface area contributed by atoms with Gasteiger partial charge in [-0.1, -0.05) is 30.3 Å². The van der Waals surface area contributed by atoms with E-state index in [2.05, 4.69) is 22.1 Å². The zero-order valence-corrected chi connectivity index (χ0v) is 11.3. The molecule has 4 rings (SSSR count). The Bertz CT molecular complexity index is 809. The summed E-state index contributed by atoms with van der Waals surface area (Å²) < 4.78 is 12.6. The third-order valence-corrected chi connectivity index (χ3v) is 3.08. The topological polar surface area (TPSA) is 25.8 Å². The summed E-state index contributed by atoms with van der Waals surface area (Å²) in [5.41, 5.74) is 1.76. The van der Waals surface area contributed by atoms with E-state index in [1.807, 2.05) is 42.6 Å². The Morgan fingerprint density at radius 3 is 2.00 bits per heavy atom. The molecular weight excluding hydrogens is 263 g/mol. The van der Waals surface area contributed by atoms with Gasteiger partial charge in [0, 0.05) is 29.2 Å². The first-order valence-corrected chi connectivity index (χ1v) is 6.63. The normalized spacial score (nSPS) is 10.1. The number of nitrogens with zero attached hydrogens (tertiary/aromatic N) is 2. The summed E-state index contributed by atoms with van der Waals surface area (Å²) in [7, 11) is 0. The molecule has 0 aliphatic heterocycles. The van der Waals surface area contributed by atoms with E-state index in [4.69, 9.17) is 0 Å². The predicted molar refractivity (Wildman–Crippen MR) is 83.4 cm³/mol. The summed E-state index contributed by atoms with van der Waals surface area (Å²) in [5, 5.41) is 2.17. The Kier molecular flexibility index (Phi) is 3.83. The van der Waals surface area contributed by atoms with E-state index in [1.165, 1.54) is 17.5 Å². The van der Waals surface area contributed by atoms with Crippen molar-refractivity contribution in [3.8, 4) is 0 Å². The molecule has 0 spiro atoms. The maximum absolute atomic E-state index is 12.6. The Morgan fingerprint density at radius 1 is 0.619 bits per heavy atom. The fourth-order valence-corrected chi connectivity index (χ4v) is 2.06. The summed E-state index contributed by atoms with van der Waals surface area (Å²) in [6, 6.07) is 20.4. The van der Waals surface area contributed by atoms with Crippen molar-refractivity contribution in [1.82, 2.24) is 9.97 Å². The molecule has 0 amide bonds. The summed E-state index contributed by atoms with van der Waals surface area (Å²) >= 11 is 0. The Balaban J connectivity index is 0.000000126. The van der Waals surface area contributed by atoms with Gasteiger partial charge in [-0.2, -0.15) is 0 Å². The minimum Gasteiger partial charge on any atom is -0.256 e. The summed E-state index contributed by atoms with van der Waals surface area (Å²) in [6.45, 7) is 0. The molecule has 2 aromatic heterocycles. The van der Waals surface area contributed by atoms with Gasteiger partial charge in [0.25, 0.3) is 0 Å². The fraction of sp³-hybridized carbons (Fsp3) is 0. The number of rotatable bonds is 0. The van der Waals surface area contributed by atoms with Crippen LogP contribution < -0.4 is 0 Å². The van der Waals surface area contributed by atoms with Crippen LogP contribution in [0.4, 0.5) is 4.39 Å². The number of aromatic nitrogens is 2. The van der Waals surface area contributed by atoms with E-state index in [0.717, 1.165) is 10.9 Å². The zero-order chi connectivity index (χ0) is 14.5. The predicted octanol–water partition coefficient (Wildman–Crippen LogP) is 4.61. The first-order valence-electron chi connectivity index (χ1n) is 6.63. The Labute approximate surface area is 121 Å². The molecule has 21 heavy (non-hydrogen) atoms. The number of hydrogen-bond donors (Lipinski definition) is 0. The van der Waals surface area contributed by atoms with Crippen molar-refractivity contribution in [3.63, 3.8) is 0 Å². The molecule has 0 bridgehead atoms. The highest BCUT2D eigenvalue weighted by molar-refractivity contribution is 5.78. The van der Waals surface area contributed by atoms with Gasteiger partial charge < -0.3 is 0 Å². The van der Waals surface area contributed by atoms with Crippen LogP contribution in [0.1, 0.15) is 0 Å². The van der Waals surface area contributed by atoms with Gasteiger partial charge in [0.1, 0.15) is 5.82 Å². The highest BCUT2D eigenvalue weighted by Gasteiger charge is 1.93. The van der Waals surface area contributed by atoms with Crippen LogP contribution in [0.25, 0.3) is 21.8 Å². The Morgan fingerprint density at radius 2 is 1.24 bits per heavy atom. The van der Waals surface area contributed by atoms with Gasteiger partial charge in [-0.25, -0.2) is 4.39 Å². The van der Waals surface area contributed by atoms with Crippen molar-refractivity contribution >= 4 is 21.8 Å². The molecule has 0 atom stereocenters. The van der Waals surface area contributed by atoms with E-state index >= 15 is 0 Å². The molecule has 0 aliphatic carbocycles. The standard InChI is InChI=1S/C9H6FN.C9H7N/c10-8-4-3-7-2-1-5-11-9(7)6-8;1-2-6-9-8(4-1)5-3-7-10-9/h1-6H;1-7H. The average molecular weight is 276 g/mol. The molecule has 0 N–H and O–H groups in total. The van der Waals surface area contributed by atoms with Crippen LogP contribution >= 0.6 is 0 Å². The smallest absolute Gasteiger partial charge is 0.125 e. The maximum atomic E-state index is 12.6. The molecule has 0 saturated carbocycles. The van der Waals surface area contributed by atoms with Gasteiger partial charge in [0.2, 0.25) is 0 Å². The van der Waals surface area contributed by atoms with Crippen molar-refractivity contribution in [3.05, 3.63) is 84.9 Å². The summed E-state index contributed by atoms with van der Waals surface area (Å²) in [5.74, 6) is -0.240. The molecule has 0 unspecified atom stereocenters. The van der Waals surface area contributed by atoms with Crippen LogP contribution in [-0.2, 0) is 0 Å². The molecule has 3 heteroatoms. The van der Waals surface area contributed by atoms with Gasteiger partial charge >= 0.3 is 0 Å². The lowest BCUT2D eigenvalue weighted by Crippen LogP contribution is -1.78. The molecule has 0 saturated heterocycles. The molecule has 2 aromatic carbocycles. The average Bonchev–Trinajstić information content (AvgIpc) is 2.55. The third-order valence-electron chi connectivity index (χ3n) is 3.08. The highest BCUT2D eigenvalue weighted by Crippen LogP contribution is 2.11. The van der Waals surface area contributed by atoms with Gasteiger partial charge in [0.15, 0.2) is 0 Å². The number of pyridine rings is 2. The van der Waals surface area contributed by atoms with Crippen LogP contribution in [0.3, 0.4) is 0 Å². The van der Waals surface area contributed by atoms with Gasteiger partial charge in [-0.3, -0.25) is 9.97 Å². The largest absolute Gasteiger partial charge is 0.256 e. The van der Waals surface area contributed by atoms with Gasteiger partial charge in [0.05, 0.1) is 11.0 Å². The lowest BCUT2D eigenvalue weighted by molar-refractivity contribution is 0.629. The third kappa shape index (κ3) is 3.20. The number of halogens is 1. The lowest BCUT2D eigenvalue weighted by atomic mass is 10.2. The summed E-state index contributed by atoms with van der Waals surface area (Å²) in [4.78, 5) is 8.18. The monoisotopic (exact) mass is 276 g/mol. The minimum absolute atomic E-state index is 0.240. The fourth-order valence-electron chi connectivity index (χ4n) is 2.06. The SMILES string of the molecule is Fc1ccc2cccnc2c1.c1ccc2ncccc2c1. The zero-order valence-electron chi connectivity index (χ0n) is 11.3. The van der Waals surface area contributed by atoms with E-state index in [0.29, 0.717) is 5.52 Å². The Hall–Kier alpha value is -2.81. The van der Waals surface area contributed by atoms with Crippen LogP contribution in [-0.4, -0.2) is 9.97 Å². The van der Waals surface area contributed by atoms with E-state index in [1.54, 1.807) is 12.3 Å². The molecule has 2 nitrogen and oxygen atoms in total. The number of hydrogen-bond acceptors (Lipinski definition) is 2. The quantitative estimate of drug-likeness (QED) is 0.469. The highest BCUT2D eigenvalue weighted by atomic mass is 19.1. The van der Waals surface area contributed by atoms with Crippen molar-refractivity contribution in [2.45, 2.75) is 0 Å². The van der Waals surface area contributed by atoms with Crippen LogP contribution in [0.5, 0.6) is 0 Å². The van der Waals surface area contributed by atoms with Gasteiger partial charge in [-0.05, 0) is 30.3 Å². The molecule has 0 radical (unpaired) electrons. The van der Waals surface area contributed by atoms with E-state index < -0.39 is 0 Å². The molecular formula is C18H13FN2. The first-order chi connectivity index (χ1) is 10.3. The van der Waals surface area contributed by atoms with Gasteiger partial charge in [-0.15, -0.1) is 0 Å². The van der Waals surface area contributed by atoms with Crippen LogP contribution in [0, 0.1) is 5.82 Å². The molecule has 102 valence electrons. The molecule has 4 aromatic rings. The van der Waals surface area contributed by atoms with E-state index in [-0.39, 0.29) is 5.82 Å². The second-order valence-corrected chi connectivity index (χ2v) is 4.54. The van der Waals surface area contributed by atoms with Crippen molar-refractivity contribution < 1.29 is 4.39 Å². The second-order valence-electron chi connectivity index (χ2n) is 4.54. The van der Waals surface area contributed by atoms with Crippen molar-refractivity contribution in [2.75, 3.05) is 0 Å². The number of para-hydroxylation sites is 1. The molecule has 2 heterocycles. The van der Waals surface area contributed by atoms with Crippen molar-refractivity contribution in [2.24, 2.45) is 0 Å². The molecule has 0 fully saturated rings. The maximum Gasteiger partial charge on any atom is 0.125 e. The van der Waals surface area contributed by atoms with Crippen LogP contribution in [0.2, 0.25) is 0 Å². The summed E-state index contributed by atoms with van der Waals surface area (Å²) in [6.07, 6.45) is 3.46. The van der Waals surface area contributed by atoms with Crippen molar-refractivity contribution in [1.29, 1.82) is 0 Å². The minimum atomic E-state index is -0.240. The lowest BCUT2D eigenvalue weighted by Gasteiger charge is -1.93.